The second kappa shape index (κ2) is 13.2. The number of hydrogen-bond donors (Lipinski definition) is 2. The summed E-state index contributed by atoms with van der Waals surface area (Å²) in [5, 5.41) is 14.7. The van der Waals surface area contributed by atoms with Crippen LogP contribution >= 0.6 is 34.4 Å². The first-order valence-electron chi connectivity index (χ1n) is 12.8. The summed E-state index contributed by atoms with van der Waals surface area (Å²) in [7, 11) is 0. The van der Waals surface area contributed by atoms with Crippen molar-refractivity contribution in [1.82, 2.24) is 10.3 Å². The fourth-order valence-electron chi connectivity index (χ4n) is 4.41. The van der Waals surface area contributed by atoms with E-state index in [-0.39, 0.29) is 29.6 Å². The van der Waals surface area contributed by atoms with Gasteiger partial charge in [0, 0.05) is 21.1 Å². The smallest absolute Gasteiger partial charge is 0.349 e. The molecule has 1 aliphatic rings. The van der Waals surface area contributed by atoms with Crippen LogP contribution in [0.15, 0.2) is 71.0 Å². The molecule has 0 saturated carbocycles. The molecule has 42 heavy (non-hydrogen) atoms. The number of carbonyl (C=O) groups excluding carboxylic acids is 3. The van der Waals surface area contributed by atoms with Gasteiger partial charge in [-0.15, -0.1) is 0 Å². The minimum atomic E-state index is -4.54. The minimum Gasteiger partial charge on any atom is -0.349 e. The van der Waals surface area contributed by atoms with Gasteiger partial charge in [-0.25, -0.2) is 5.01 Å². The lowest BCUT2D eigenvalue weighted by Crippen LogP contribution is -2.36. The Morgan fingerprint density at radius 2 is 1.83 bits per heavy atom. The number of aryl methyl sites for hydroxylation is 1. The van der Waals surface area contributed by atoms with Gasteiger partial charge in [-0.2, -0.15) is 30.0 Å². The topological polar surface area (TPSA) is 103 Å². The molecule has 0 fully saturated rings. The van der Waals surface area contributed by atoms with E-state index >= 15 is 0 Å². The van der Waals surface area contributed by atoms with Crippen LogP contribution < -0.4 is 10.6 Å². The molecule has 0 saturated heterocycles. The molecule has 2 atom stereocenters. The zero-order valence-electron chi connectivity index (χ0n) is 22.8. The number of amides is 3. The number of benzene rings is 3. The van der Waals surface area contributed by atoms with Gasteiger partial charge in [-0.05, 0) is 89.7 Å². The summed E-state index contributed by atoms with van der Waals surface area (Å²) in [4.78, 5) is 39.2. The highest BCUT2D eigenvalue weighted by Gasteiger charge is 2.35. The Bertz CT molecular complexity index is 1550. The van der Waals surface area contributed by atoms with Gasteiger partial charge in [0.05, 0.1) is 23.2 Å². The second-order valence-electron chi connectivity index (χ2n) is 9.72. The van der Waals surface area contributed by atoms with Gasteiger partial charge in [0.1, 0.15) is 0 Å². The van der Waals surface area contributed by atoms with Gasteiger partial charge in [-0.1, -0.05) is 35.6 Å². The van der Waals surface area contributed by atoms with Crippen molar-refractivity contribution in [1.29, 1.82) is 0 Å². The van der Waals surface area contributed by atoms with Crippen molar-refractivity contribution in [3.63, 3.8) is 0 Å². The lowest BCUT2D eigenvalue weighted by atomic mass is 10.0. The monoisotopic (exact) mass is 709 g/mol. The molecule has 3 aromatic carbocycles. The minimum absolute atomic E-state index is 0.0439. The first kappa shape index (κ1) is 31.5. The number of halogens is 4. The van der Waals surface area contributed by atoms with Crippen molar-refractivity contribution < 1.29 is 27.6 Å². The maximum absolute atomic E-state index is 13.3. The number of nitrogens with zero attached hydrogens (tertiary/aromatic N) is 3. The zero-order chi connectivity index (χ0) is 30.6. The molecule has 13 heteroatoms. The molecular formula is C29H27F3IN5O3S. The van der Waals surface area contributed by atoms with Crippen LogP contribution in [0.25, 0.3) is 0 Å². The Labute approximate surface area is 258 Å². The van der Waals surface area contributed by atoms with Gasteiger partial charge < -0.3 is 10.6 Å². The standard InChI is InChI=1S/C29H27F3IN5O3S/c1-16-12-18(14-38-28(41)25(36-37-38)19-6-4-7-20(13-19)29(30,31)32)10-11-23(16)35-26(39)21-8-5-9-22(33)24(21)27(40)34-17(2)15-42-3/h4-13,17,25H,14-15H2,1-3H3,(H,34,40)(H,35,39). The Morgan fingerprint density at radius 1 is 1.10 bits per heavy atom. The first-order chi connectivity index (χ1) is 19.9. The maximum atomic E-state index is 13.3. The molecule has 220 valence electrons. The molecule has 0 bridgehead atoms. The molecule has 0 aromatic heterocycles. The van der Waals surface area contributed by atoms with Crippen LogP contribution in [-0.4, -0.2) is 40.8 Å². The van der Waals surface area contributed by atoms with Crippen LogP contribution in [0.4, 0.5) is 18.9 Å². The van der Waals surface area contributed by atoms with Crippen molar-refractivity contribution in [3.05, 3.63) is 97.6 Å². The number of hydrogen-bond acceptors (Lipinski definition) is 6. The van der Waals surface area contributed by atoms with Crippen molar-refractivity contribution in [3.8, 4) is 0 Å². The summed E-state index contributed by atoms with van der Waals surface area (Å²) in [6.45, 7) is 3.73. The molecule has 0 spiro atoms. The number of alkyl halides is 3. The van der Waals surface area contributed by atoms with Crippen LogP contribution in [0.2, 0.25) is 0 Å². The van der Waals surface area contributed by atoms with Crippen molar-refractivity contribution in [2.45, 2.75) is 38.7 Å². The highest BCUT2D eigenvalue weighted by molar-refractivity contribution is 14.1. The molecule has 1 heterocycles. The largest absolute Gasteiger partial charge is 0.416 e. The number of thioether (sulfide) groups is 1. The predicted octanol–water partition coefficient (Wildman–Crippen LogP) is 6.80. The highest BCUT2D eigenvalue weighted by atomic mass is 127. The average molecular weight is 710 g/mol. The van der Waals surface area contributed by atoms with E-state index in [1.54, 1.807) is 55.1 Å². The molecule has 2 N–H and O–H groups in total. The SMILES string of the molecule is CSCC(C)NC(=O)c1c(I)cccc1C(=O)Nc1ccc(CN2N=NC(c3cccc(C(F)(F)F)c3)C2=O)cc1C. The van der Waals surface area contributed by atoms with Crippen molar-refractivity contribution in [2.75, 3.05) is 17.3 Å². The number of carbonyl (C=O) groups is 3. The first-order valence-corrected chi connectivity index (χ1v) is 15.2. The van der Waals surface area contributed by atoms with Crippen LogP contribution in [0, 0.1) is 10.5 Å². The van der Waals surface area contributed by atoms with E-state index in [1.165, 1.54) is 12.1 Å². The molecule has 3 amide bonds. The summed E-state index contributed by atoms with van der Waals surface area (Å²) < 4.78 is 40.0. The van der Waals surface area contributed by atoms with Gasteiger partial charge >= 0.3 is 6.18 Å². The van der Waals surface area contributed by atoms with E-state index in [4.69, 9.17) is 0 Å². The lowest BCUT2D eigenvalue weighted by Gasteiger charge is -2.17. The molecule has 3 aromatic rings. The Hall–Kier alpha value is -3.46. The van der Waals surface area contributed by atoms with E-state index in [0.29, 0.717) is 25.9 Å². The fourth-order valence-corrected chi connectivity index (χ4v) is 5.74. The van der Waals surface area contributed by atoms with E-state index in [9.17, 15) is 27.6 Å². The quantitative estimate of drug-likeness (QED) is 0.239. The van der Waals surface area contributed by atoms with Crippen molar-refractivity contribution >= 4 is 57.8 Å². The lowest BCUT2D eigenvalue weighted by molar-refractivity contribution is -0.138. The second-order valence-corrected chi connectivity index (χ2v) is 11.8. The molecule has 4 rings (SSSR count). The van der Waals surface area contributed by atoms with Gasteiger partial charge in [0.2, 0.25) is 0 Å². The van der Waals surface area contributed by atoms with Crippen molar-refractivity contribution in [2.24, 2.45) is 10.3 Å². The summed E-state index contributed by atoms with van der Waals surface area (Å²) >= 11 is 3.65. The normalized spacial score (nSPS) is 15.5. The van der Waals surface area contributed by atoms with Crippen LogP contribution in [0.1, 0.15) is 55.9 Å². The third-order valence-electron chi connectivity index (χ3n) is 6.44. The highest BCUT2D eigenvalue weighted by Crippen LogP contribution is 2.34. The van der Waals surface area contributed by atoms with Crippen LogP contribution in [-0.2, 0) is 17.5 Å². The van der Waals surface area contributed by atoms with Crippen LogP contribution in [0.5, 0.6) is 0 Å². The Balaban J connectivity index is 1.45. The van der Waals surface area contributed by atoms with Gasteiger partial charge in [0.15, 0.2) is 6.04 Å². The molecule has 0 radical (unpaired) electrons. The summed E-state index contributed by atoms with van der Waals surface area (Å²) in [6, 6.07) is 13.5. The molecule has 1 aliphatic heterocycles. The third-order valence-corrected chi connectivity index (χ3v) is 8.18. The fraction of sp³-hybridized carbons (Fsp3) is 0.276. The Morgan fingerprint density at radius 3 is 2.52 bits per heavy atom. The summed E-state index contributed by atoms with van der Waals surface area (Å²) in [5.41, 5.74) is 1.68. The molecular weight excluding hydrogens is 682 g/mol. The van der Waals surface area contributed by atoms with E-state index in [2.05, 4.69) is 21.0 Å². The third kappa shape index (κ3) is 7.30. The summed E-state index contributed by atoms with van der Waals surface area (Å²) in [5.74, 6) is -0.578. The number of anilines is 1. The van der Waals surface area contributed by atoms with Crippen LogP contribution in [0.3, 0.4) is 0 Å². The van der Waals surface area contributed by atoms with Gasteiger partial charge in [0.25, 0.3) is 17.7 Å². The predicted molar refractivity (Wildman–Crippen MR) is 163 cm³/mol. The molecule has 2 unspecified atom stereocenters. The van der Waals surface area contributed by atoms with Gasteiger partial charge in [-0.3, -0.25) is 14.4 Å². The van der Waals surface area contributed by atoms with E-state index in [1.807, 2.05) is 35.8 Å². The van der Waals surface area contributed by atoms with E-state index < -0.39 is 29.6 Å². The zero-order valence-corrected chi connectivity index (χ0v) is 25.8. The molecule has 0 aliphatic carbocycles. The summed E-state index contributed by atoms with van der Waals surface area (Å²) in [6.07, 6.45) is -2.59. The maximum Gasteiger partial charge on any atom is 0.416 e. The average Bonchev–Trinajstić information content (AvgIpc) is 3.29. The number of nitrogens with one attached hydrogen (secondary N) is 2. The molecule has 8 nitrogen and oxygen atoms in total. The number of rotatable bonds is 9. The Kier molecular flexibility index (Phi) is 9.92. The van der Waals surface area contributed by atoms with E-state index in [0.717, 1.165) is 22.9 Å².